The topological polar surface area (TPSA) is 68.3 Å². The lowest BCUT2D eigenvalue weighted by atomic mass is 9.96. The summed E-state index contributed by atoms with van der Waals surface area (Å²) in [5.41, 5.74) is 1.30. The molecule has 6 heteroatoms. The Morgan fingerprint density at radius 2 is 1.92 bits per heavy atom. The number of pyridine rings is 1. The molecule has 0 spiro atoms. The van der Waals surface area contributed by atoms with Crippen molar-refractivity contribution in [1.29, 1.82) is 0 Å². The number of esters is 1. The Morgan fingerprint density at radius 3 is 2.56 bits per heavy atom. The zero-order valence-corrected chi connectivity index (χ0v) is 15.0. The number of rotatable bonds is 7. The van der Waals surface area contributed by atoms with Crippen molar-refractivity contribution in [2.24, 2.45) is 0 Å². The molecule has 0 bridgehead atoms. The number of carbonyl (C=O) groups is 2. The van der Waals surface area contributed by atoms with Crippen LogP contribution in [0.3, 0.4) is 0 Å². The maximum Gasteiger partial charge on any atom is 0.342 e. The smallest absolute Gasteiger partial charge is 0.342 e. The van der Waals surface area contributed by atoms with Crippen molar-refractivity contribution < 1.29 is 14.3 Å². The summed E-state index contributed by atoms with van der Waals surface area (Å²) in [4.78, 5) is 28.1. The number of hydrogen-bond acceptors (Lipinski definition) is 4. The highest BCUT2D eigenvalue weighted by atomic mass is 35.5. The second kappa shape index (κ2) is 9.18. The van der Waals surface area contributed by atoms with Crippen molar-refractivity contribution in [2.45, 2.75) is 32.3 Å². The molecule has 132 valence electrons. The molecule has 0 aliphatic carbocycles. The van der Waals surface area contributed by atoms with Gasteiger partial charge >= 0.3 is 5.97 Å². The maximum absolute atomic E-state index is 12.2. The molecule has 0 aliphatic rings. The van der Waals surface area contributed by atoms with Crippen LogP contribution in [0, 0.1) is 0 Å². The van der Waals surface area contributed by atoms with Gasteiger partial charge in [-0.1, -0.05) is 48.9 Å². The molecular weight excluding hydrogens is 340 g/mol. The van der Waals surface area contributed by atoms with Crippen LogP contribution in [0.4, 0.5) is 0 Å². The average Bonchev–Trinajstić information content (AvgIpc) is 2.63. The fourth-order valence-corrected chi connectivity index (χ4v) is 2.60. The molecule has 2 atom stereocenters. The van der Waals surface area contributed by atoms with Crippen molar-refractivity contribution in [2.75, 3.05) is 6.54 Å². The number of hydrogen-bond donors (Lipinski definition) is 1. The molecule has 1 aromatic carbocycles. The van der Waals surface area contributed by atoms with Crippen molar-refractivity contribution in [1.82, 2.24) is 10.3 Å². The first-order valence-corrected chi connectivity index (χ1v) is 8.54. The van der Waals surface area contributed by atoms with Gasteiger partial charge in [0.2, 0.25) is 0 Å². The van der Waals surface area contributed by atoms with Crippen LogP contribution in [0.15, 0.2) is 48.7 Å². The van der Waals surface area contributed by atoms with E-state index < -0.39 is 12.1 Å². The van der Waals surface area contributed by atoms with Gasteiger partial charge in [0.1, 0.15) is 5.15 Å². The van der Waals surface area contributed by atoms with Crippen LogP contribution in [-0.4, -0.2) is 29.5 Å². The number of halogens is 1. The third-order valence-corrected chi connectivity index (χ3v) is 4.22. The lowest BCUT2D eigenvalue weighted by molar-refractivity contribution is -0.129. The molecule has 1 amide bonds. The highest BCUT2D eigenvalue weighted by Gasteiger charge is 2.21. The minimum absolute atomic E-state index is 0.0511. The molecule has 1 N–H and O–H groups in total. The van der Waals surface area contributed by atoms with E-state index in [-0.39, 0.29) is 22.5 Å². The summed E-state index contributed by atoms with van der Waals surface area (Å²) in [6, 6.07) is 13.1. The Morgan fingerprint density at radius 1 is 1.20 bits per heavy atom. The van der Waals surface area contributed by atoms with Gasteiger partial charge in [-0.2, -0.15) is 0 Å². The summed E-state index contributed by atoms with van der Waals surface area (Å²) < 4.78 is 5.18. The van der Waals surface area contributed by atoms with Gasteiger partial charge in [0.25, 0.3) is 5.91 Å². The van der Waals surface area contributed by atoms with Gasteiger partial charge in [-0.15, -0.1) is 0 Å². The van der Waals surface area contributed by atoms with E-state index in [1.807, 2.05) is 30.3 Å². The molecule has 2 rings (SSSR count). The molecule has 0 saturated carbocycles. The summed E-state index contributed by atoms with van der Waals surface area (Å²) in [5, 5.41) is 2.89. The Hall–Kier alpha value is -2.40. The van der Waals surface area contributed by atoms with E-state index in [4.69, 9.17) is 16.3 Å². The van der Waals surface area contributed by atoms with Crippen LogP contribution in [0.5, 0.6) is 0 Å². The summed E-state index contributed by atoms with van der Waals surface area (Å²) in [7, 11) is 0. The third-order valence-electron chi connectivity index (χ3n) is 3.92. The second-order valence-corrected chi connectivity index (χ2v) is 6.01. The van der Waals surface area contributed by atoms with Crippen molar-refractivity contribution in [3.8, 4) is 0 Å². The Kier molecular flexibility index (Phi) is 6.95. The second-order valence-electron chi connectivity index (χ2n) is 5.65. The monoisotopic (exact) mass is 360 g/mol. The van der Waals surface area contributed by atoms with Crippen molar-refractivity contribution >= 4 is 23.5 Å². The molecule has 0 unspecified atom stereocenters. The lowest BCUT2D eigenvalue weighted by Crippen LogP contribution is -2.38. The Bertz CT molecular complexity index is 722. The lowest BCUT2D eigenvalue weighted by Gasteiger charge is -2.18. The molecule has 0 radical (unpaired) electrons. The van der Waals surface area contributed by atoms with E-state index in [1.54, 1.807) is 6.07 Å². The minimum atomic E-state index is -0.919. The Balaban J connectivity index is 1.90. The van der Waals surface area contributed by atoms with Gasteiger partial charge in [-0.05, 0) is 31.0 Å². The summed E-state index contributed by atoms with van der Waals surface area (Å²) in [6.07, 6.45) is 1.45. The van der Waals surface area contributed by atoms with Gasteiger partial charge in [0, 0.05) is 18.7 Å². The van der Waals surface area contributed by atoms with Crippen LogP contribution >= 0.6 is 11.6 Å². The first-order valence-electron chi connectivity index (χ1n) is 8.17. The highest BCUT2D eigenvalue weighted by molar-refractivity contribution is 6.32. The summed E-state index contributed by atoms with van der Waals surface area (Å²) in [6.45, 7) is 4.08. The van der Waals surface area contributed by atoms with Crippen LogP contribution in [0.2, 0.25) is 5.15 Å². The predicted octanol–water partition coefficient (Wildman–Crippen LogP) is 3.59. The number of benzene rings is 1. The standard InChI is InChI=1S/C19H21ClN2O3/c1-3-14(15-8-5-4-6-9-15)12-22-18(23)13(2)25-19(24)16-10-7-11-21-17(16)20/h4-11,13-14H,3,12H2,1-2H3,(H,22,23)/t13-,14-/m0/s1. The van der Waals surface area contributed by atoms with Crippen LogP contribution in [0.1, 0.15) is 42.1 Å². The molecule has 0 aliphatic heterocycles. The average molecular weight is 361 g/mol. The number of aromatic nitrogens is 1. The zero-order chi connectivity index (χ0) is 18.2. The van der Waals surface area contributed by atoms with Gasteiger partial charge < -0.3 is 10.1 Å². The SMILES string of the molecule is CC[C@@H](CNC(=O)[C@H](C)OC(=O)c1cccnc1Cl)c1ccccc1. The van der Waals surface area contributed by atoms with Gasteiger partial charge in [-0.25, -0.2) is 9.78 Å². The maximum atomic E-state index is 12.2. The van der Waals surface area contributed by atoms with E-state index >= 15 is 0 Å². The highest BCUT2D eigenvalue weighted by Crippen LogP contribution is 2.18. The number of ether oxygens (including phenoxy) is 1. The number of nitrogens with zero attached hydrogens (tertiary/aromatic N) is 1. The summed E-state index contributed by atoms with van der Waals surface area (Å²) in [5.74, 6) is -0.806. The largest absolute Gasteiger partial charge is 0.449 e. The normalized spacial score (nSPS) is 12.9. The van der Waals surface area contributed by atoms with Gasteiger partial charge in [-0.3, -0.25) is 4.79 Å². The number of amides is 1. The van der Waals surface area contributed by atoms with Gasteiger partial charge in [0.05, 0.1) is 5.56 Å². The number of carbonyl (C=O) groups excluding carboxylic acids is 2. The molecule has 0 fully saturated rings. The Labute approximate surface area is 152 Å². The van der Waals surface area contributed by atoms with Crippen molar-refractivity contribution in [3.63, 3.8) is 0 Å². The van der Waals surface area contributed by atoms with Crippen LogP contribution in [0.25, 0.3) is 0 Å². The quantitative estimate of drug-likeness (QED) is 0.605. The molecule has 0 saturated heterocycles. The number of nitrogens with one attached hydrogen (secondary N) is 1. The van der Waals surface area contributed by atoms with E-state index in [1.165, 1.54) is 19.2 Å². The van der Waals surface area contributed by atoms with E-state index in [0.717, 1.165) is 12.0 Å². The molecule has 5 nitrogen and oxygen atoms in total. The summed E-state index contributed by atoms with van der Waals surface area (Å²) >= 11 is 5.86. The first kappa shape index (κ1) is 18.9. The fraction of sp³-hybridized carbons (Fsp3) is 0.316. The minimum Gasteiger partial charge on any atom is -0.449 e. The van der Waals surface area contributed by atoms with Crippen LogP contribution < -0.4 is 5.32 Å². The third kappa shape index (κ3) is 5.29. The molecule has 1 aromatic heterocycles. The molecule has 2 aromatic rings. The van der Waals surface area contributed by atoms with E-state index in [0.29, 0.717) is 6.54 Å². The van der Waals surface area contributed by atoms with Crippen molar-refractivity contribution in [3.05, 3.63) is 64.9 Å². The van der Waals surface area contributed by atoms with Gasteiger partial charge in [0.15, 0.2) is 6.10 Å². The predicted molar refractivity (Wildman–Crippen MR) is 96.6 cm³/mol. The van der Waals surface area contributed by atoms with E-state index in [2.05, 4.69) is 17.2 Å². The molecule has 1 heterocycles. The van der Waals surface area contributed by atoms with E-state index in [9.17, 15) is 9.59 Å². The zero-order valence-electron chi connectivity index (χ0n) is 14.2. The fourth-order valence-electron chi connectivity index (χ4n) is 2.41. The molecule has 25 heavy (non-hydrogen) atoms. The molecular formula is C19H21ClN2O3. The van der Waals surface area contributed by atoms with Crippen LogP contribution in [-0.2, 0) is 9.53 Å². The first-order chi connectivity index (χ1) is 12.0.